The van der Waals surface area contributed by atoms with Crippen molar-refractivity contribution in [1.82, 2.24) is 15.5 Å². The molecule has 1 atom stereocenters. The molecule has 0 radical (unpaired) electrons. The van der Waals surface area contributed by atoms with E-state index in [9.17, 15) is 19.5 Å². The van der Waals surface area contributed by atoms with Crippen LogP contribution in [-0.2, 0) is 9.59 Å². The molecule has 0 aromatic rings. The monoisotopic (exact) mass is 299 g/mol. The lowest BCUT2D eigenvalue weighted by Crippen LogP contribution is -2.52. The number of rotatable bonds is 6. The first-order valence-corrected chi connectivity index (χ1v) is 7.42. The number of carbonyl (C=O) groups is 3. The summed E-state index contributed by atoms with van der Waals surface area (Å²) < 4.78 is 0. The topological polar surface area (TPSA) is 98.7 Å². The molecule has 1 unspecified atom stereocenters. The zero-order valence-electron chi connectivity index (χ0n) is 12.8. The summed E-state index contributed by atoms with van der Waals surface area (Å²) in [6, 6.07) is -0.291. The Balaban J connectivity index is 2.56. The van der Waals surface area contributed by atoms with Gasteiger partial charge in [0, 0.05) is 33.1 Å². The standard InChI is InChI=1S/C14H25N3O4/c1-3-6-14(12(19)20)7-4-9-17(10-14)13(21)16-8-5-11(18)15-2/h3-10H2,1-2H3,(H,15,18)(H,16,21)(H,19,20). The molecule has 1 rings (SSSR count). The van der Waals surface area contributed by atoms with Crippen molar-refractivity contribution in [3.63, 3.8) is 0 Å². The van der Waals surface area contributed by atoms with Gasteiger partial charge in [0.2, 0.25) is 5.91 Å². The molecule has 0 aromatic carbocycles. The quantitative estimate of drug-likeness (QED) is 0.675. The van der Waals surface area contributed by atoms with Crippen LogP contribution in [0.5, 0.6) is 0 Å². The lowest BCUT2D eigenvalue weighted by molar-refractivity contribution is -0.152. The average Bonchev–Trinajstić information content (AvgIpc) is 2.47. The maximum Gasteiger partial charge on any atom is 0.317 e. The highest BCUT2D eigenvalue weighted by Gasteiger charge is 2.42. The van der Waals surface area contributed by atoms with E-state index >= 15 is 0 Å². The second-order valence-corrected chi connectivity index (χ2v) is 5.52. The van der Waals surface area contributed by atoms with Gasteiger partial charge in [-0.05, 0) is 19.3 Å². The number of urea groups is 1. The van der Waals surface area contributed by atoms with E-state index in [2.05, 4.69) is 10.6 Å². The number of nitrogens with one attached hydrogen (secondary N) is 2. The summed E-state index contributed by atoms with van der Waals surface area (Å²) in [6.45, 7) is 3.00. The zero-order valence-corrected chi connectivity index (χ0v) is 12.8. The highest BCUT2D eigenvalue weighted by Crippen LogP contribution is 2.35. The van der Waals surface area contributed by atoms with Crippen molar-refractivity contribution in [1.29, 1.82) is 0 Å². The van der Waals surface area contributed by atoms with Gasteiger partial charge in [0.05, 0.1) is 5.41 Å². The second kappa shape index (κ2) is 7.85. The van der Waals surface area contributed by atoms with Gasteiger partial charge >= 0.3 is 12.0 Å². The minimum absolute atomic E-state index is 0.139. The van der Waals surface area contributed by atoms with Crippen LogP contribution in [0.25, 0.3) is 0 Å². The van der Waals surface area contributed by atoms with Crippen LogP contribution in [0.2, 0.25) is 0 Å². The first-order valence-electron chi connectivity index (χ1n) is 7.42. The third-order valence-electron chi connectivity index (χ3n) is 3.95. The van der Waals surface area contributed by atoms with E-state index in [0.29, 0.717) is 25.8 Å². The summed E-state index contributed by atoms with van der Waals surface area (Å²) in [4.78, 5) is 36.3. The molecule has 1 aliphatic rings. The summed E-state index contributed by atoms with van der Waals surface area (Å²) in [6.07, 6.45) is 2.87. The number of carbonyl (C=O) groups excluding carboxylic acids is 2. The number of amides is 3. The fraction of sp³-hybridized carbons (Fsp3) is 0.786. The molecule has 0 bridgehead atoms. The molecule has 1 heterocycles. The summed E-state index contributed by atoms with van der Waals surface area (Å²) >= 11 is 0. The molecule has 1 fully saturated rings. The molecule has 7 heteroatoms. The largest absolute Gasteiger partial charge is 0.481 e. The Morgan fingerprint density at radius 3 is 2.62 bits per heavy atom. The van der Waals surface area contributed by atoms with Gasteiger partial charge in [-0.15, -0.1) is 0 Å². The number of aliphatic carboxylic acids is 1. The predicted octanol–water partition coefficient (Wildman–Crippen LogP) is 0.799. The van der Waals surface area contributed by atoms with Crippen molar-refractivity contribution in [2.24, 2.45) is 5.41 Å². The SMILES string of the molecule is CCCC1(C(=O)O)CCCN(C(=O)NCCC(=O)NC)C1. The summed E-state index contributed by atoms with van der Waals surface area (Å²) in [5, 5.41) is 14.6. The first-order chi connectivity index (χ1) is 9.95. The number of nitrogens with zero attached hydrogens (tertiary/aromatic N) is 1. The Morgan fingerprint density at radius 1 is 1.33 bits per heavy atom. The number of likely N-dealkylation sites (tertiary alicyclic amines) is 1. The number of carboxylic acid groups (broad SMARTS) is 1. The smallest absolute Gasteiger partial charge is 0.317 e. The minimum atomic E-state index is -0.828. The van der Waals surface area contributed by atoms with Gasteiger partial charge in [0.1, 0.15) is 0 Å². The van der Waals surface area contributed by atoms with Gasteiger partial charge in [0.15, 0.2) is 0 Å². The third-order valence-corrected chi connectivity index (χ3v) is 3.95. The zero-order chi connectivity index (χ0) is 15.9. The number of piperidine rings is 1. The number of hydrogen-bond donors (Lipinski definition) is 3. The van der Waals surface area contributed by atoms with Crippen molar-refractivity contribution in [2.45, 2.75) is 39.0 Å². The van der Waals surface area contributed by atoms with Crippen molar-refractivity contribution in [3.05, 3.63) is 0 Å². The highest BCUT2D eigenvalue weighted by molar-refractivity contribution is 5.80. The molecule has 3 N–H and O–H groups in total. The van der Waals surface area contributed by atoms with Gasteiger partial charge in [-0.2, -0.15) is 0 Å². The van der Waals surface area contributed by atoms with Gasteiger partial charge < -0.3 is 20.6 Å². The molecule has 0 spiro atoms. The molecule has 21 heavy (non-hydrogen) atoms. The van der Waals surface area contributed by atoms with E-state index in [-0.39, 0.29) is 31.4 Å². The normalized spacial score (nSPS) is 21.7. The number of carboxylic acids is 1. The van der Waals surface area contributed by atoms with Crippen LogP contribution in [-0.4, -0.2) is 54.6 Å². The minimum Gasteiger partial charge on any atom is -0.481 e. The molecule has 1 saturated heterocycles. The van der Waals surface area contributed by atoms with Crippen LogP contribution in [0.15, 0.2) is 0 Å². The van der Waals surface area contributed by atoms with Crippen molar-refractivity contribution < 1.29 is 19.5 Å². The molecule has 3 amide bonds. The molecule has 1 aliphatic heterocycles. The molecule has 0 aromatic heterocycles. The van der Waals surface area contributed by atoms with E-state index in [0.717, 1.165) is 6.42 Å². The van der Waals surface area contributed by atoms with Crippen molar-refractivity contribution >= 4 is 17.9 Å². The fourth-order valence-electron chi connectivity index (χ4n) is 2.79. The summed E-state index contributed by atoms with van der Waals surface area (Å²) in [5.41, 5.74) is -0.828. The molecule has 0 saturated carbocycles. The Kier molecular flexibility index (Phi) is 6.45. The maximum absolute atomic E-state index is 12.1. The van der Waals surface area contributed by atoms with Crippen LogP contribution >= 0.6 is 0 Å². The lowest BCUT2D eigenvalue weighted by atomic mass is 9.76. The van der Waals surface area contributed by atoms with E-state index in [1.54, 1.807) is 11.9 Å². The van der Waals surface area contributed by atoms with Crippen LogP contribution < -0.4 is 10.6 Å². The average molecular weight is 299 g/mol. The van der Waals surface area contributed by atoms with E-state index in [4.69, 9.17) is 0 Å². The first kappa shape index (κ1) is 17.3. The molecule has 7 nitrogen and oxygen atoms in total. The van der Waals surface area contributed by atoms with Crippen molar-refractivity contribution in [2.75, 3.05) is 26.7 Å². The summed E-state index contributed by atoms with van der Waals surface area (Å²) in [5.74, 6) is -0.966. The summed E-state index contributed by atoms with van der Waals surface area (Å²) in [7, 11) is 1.54. The number of hydrogen-bond acceptors (Lipinski definition) is 3. The fourth-order valence-corrected chi connectivity index (χ4v) is 2.79. The van der Waals surface area contributed by atoms with E-state index in [1.807, 2.05) is 6.92 Å². The van der Waals surface area contributed by atoms with E-state index in [1.165, 1.54) is 0 Å². The molecular weight excluding hydrogens is 274 g/mol. The van der Waals surface area contributed by atoms with Crippen molar-refractivity contribution in [3.8, 4) is 0 Å². The lowest BCUT2D eigenvalue weighted by Gasteiger charge is -2.39. The van der Waals surface area contributed by atoms with Gasteiger partial charge in [-0.25, -0.2) is 4.79 Å². The molecule has 120 valence electrons. The Morgan fingerprint density at radius 2 is 2.05 bits per heavy atom. The Labute approximate surface area is 125 Å². The maximum atomic E-state index is 12.1. The second-order valence-electron chi connectivity index (χ2n) is 5.52. The van der Waals surface area contributed by atoms with Gasteiger partial charge in [0.25, 0.3) is 0 Å². The molecular formula is C14H25N3O4. The predicted molar refractivity (Wildman–Crippen MR) is 77.9 cm³/mol. The Hall–Kier alpha value is -1.79. The van der Waals surface area contributed by atoms with Gasteiger partial charge in [-0.1, -0.05) is 13.3 Å². The highest BCUT2D eigenvalue weighted by atomic mass is 16.4. The third kappa shape index (κ3) is 4.61. The van der Waals surface area contributed by atoms with E-state index < -0.39 is 11.4 Å². The Bertz CT molecular complexity index is 396. The van der Waals surface area contributed by atoms with Crippen LogP contribution in [0.3, 0.4) is 0 Å². The van der Waals surface area contributed by atoms with Gasteiger partial charge in [-0.3, -0.25) is 9.59 Å². The van der Waals surface area contributed by atoms with Crippen LogP contribution in [0.1, 0.15) is 39.0 Å². The van der Waals surface area contributed by atoms with Crippen LogP contribution in [0, 0.1) is 5.41 Å². The molecule has 0 aliphatic carbocycles. The van der Waals surface area contributed by atoms with Crippen LogP contribution in [0.4, 0.5) is 4.79 Å².